The molecular formula is C72H42N4O2S3. The summed E-state index contributed by atoms with van der Waals surface area (Å²) in [6.07, 6.45) is 3.75. The van der Waals surface area contributed by atoms with Crippen LogP contribution in [0.4, 0.5) is 0 Å². The summed E-state index contributed by atoms with van der Waals surface area (Å²) >= 11 is 4.99. The molecule has 0 atom stereocenters. The van der Waals surface area contributed by atoms with Gasteiger partial charge in [0, 0.05) is 63.2 Å². The molecule has 0 amide bonds. The highest BCUT2D eigenvalue weighted by Gasteiger charge is 2.54. The predicted molar refractivity (Wildman–Crippen MR) is 325 cm³/mol. The fraction of sp³-hybridized carbons (Fsp3) is 0.0833. The molecule has 6 nitrogen and oxygen atoms in total. The Balaban J connectivity index is 1.08. The number of hydrogen-bond acceptors (Lipinski definition) is 9. The molecule has 0 unspecified atom stereocenters. The SMILES string of the molecule is Cc1ccc(C2(c3ccc(C)cc3)c3cc4c(cc3-c3sc(/C=C5\C(=O)c6ccccc6C5=C(C#N)C#N)cc32)C(c2ccc(C)cc2)(c2ccc(C)cc2)c2c-4sc3cc(/C=C4\C(=O)c5ccccc5C4=C(C#N)C#N)sc23)cc1. The van der Waals surface area contributed by atoms with E-state index in [0.717, 1.165) is 107 Å². The highest BCUT2D eigenvalue weighted by atomic mass is 32.1. The lowest BCUT2D eigenvalue weighted by atomic mass is 9.65. The number of hydrogen-bond donors (Lipinski definition) is 0. The zero-order valence-corrected chi connectivity index (χ0v) is 46.6. The molecule has 14 rings (SSSR count). The molecule has 3 aromatic heterocycles. The Morgan fingerprint density at radius 3 is 1.22 bits per heavy atom. The Labute approximate surface area is 480 Å². The van der Waals surface area contributed by atoms with Gasteiger partial charge in [-0.1, -0.05) is 168 Å². The Bertz CT molecular complexity index is 4670. The first kappa shape index (κ1) is 49.5. The number of nitrogens with zero attached hydrogens (tertiary/aromatic N) is 4. The average molecular weight is 1090 g/mol. The molecule has 0 saturated heterocycles. The number of carbonyl (C=O) groups excluding carboxylic acids is 2. The lowest BCUT2D eigenvalue weighted by molar-refractivity contribution is 0.103. The number of fused-ring (bicyclic) bond motifs is 10. The molecular weight excluding hydrogens is 1050 g/mol. The highest BCUT2D eigenvalue weighted by molar-refractivity contribution is 7.30. The van der Waals surface area contributed by atoms with Crippen molar-refractivity contribution in [2.45, 2.75) is 38.5 Å². The number of carbonyl (C=O) groups is 2. The van der Waals surface area contributed by atoms with E-state index >= 15 is 0 Å². The minimum atomic E-state index is -0.845. The Kier molecular flexibility index (Phi) is 11.2. The molecule has 4 aliphatic carbocycles. The standard InChI is InChI=1S/C72H42N4O2S3/c1-39-13-21-45(22-14-39)71(46-23-15-40(2)16-24-46)59-34-56-60(33-55(59)68-61(71)31-49(79-68)29-57-63(43(35-73)36-74)51-9-5-7-11-53(51)66(57)77)72(47-25-17-41(3)18-26-47,48-27-19-42(4)20-28-48)65-69(56)81-62-32-50(80-70(62)65)30-58-64(44(37-75)38-76)52-10-6-8-12-54(52)67(58)78/h5-34H,1-4H3/b57-29-,58-30-. The lowest BCUT2D eigenvalue weighted by Gasteiger charge is -2.35. The van der Waals surface area contributed by atoms with Gasteiger partial charge in [-0.2, -0.15) is 21.0 Å². The molecule has 0 spiro atoms. The monoisotopic (exact) mass is 1090 g/mol. The number of nitriles is 4. The highest BCUT2D eigenvalue weighted by Crippen LogP contribution is 2.67. The van der Waals surface area contributed by atoms with Crippen LogP contribution in [0.5, 0.6) is 0 Å². The summed E-state index contributed by atoms with van der Waals surface area (Å²) in [5, 5.41) is 41.0. The van der Waals surface area contributed by atoms with Crippen molar-refractivity contribution in [2.24, 2.45) is 0 Å². The molecule has 3 heterocycles. The van der Waals surface area contributed by atoms with Gasteiger partial charge in [-0.15, -0.1) is 34.0 Å². The van der Waals surface area contributed by atoms with E-state index in [1.807, 2.05) is 36.4 Å². The minimum absolute atomic E-state index is 0.101. The van der Waals surface area contributed by atoms with Crippen LogP contribution >= 0.6 is 34.0 Å². The van der Waals surface area contributed by atoms with E-state index in [-0.39, 0.29) is 22.7 Å². The first-order chi connectivity index (χ1) is 39.4. The number of benzene rings is 7. The number of Topliss-reactive ketones (excluding diaryl/α,β-unsaturated/α-hetero) is 2. The smallest absolute Gasteiger partial charge is 0.194 e. The average Bonchev–Trinajstić information content (AvgIpc) is 4.52. The summed E-state index contributed by atoms with van der Waals surface area (Å²) in [7, 11) is 0. The topological polar surface area (TPSA) is 129 Å². The van der Waals surface area contributed by atoms with Crippen LogP contribution in [0.1, 0.15) is 108 Å². The van der Waals surface area contributed by atoms with Gasteiger partial charge < -0.3 is 0 Å². The van der Waals surface area contributed by atoms with Gasteiger partial charge in [-0.25, -0.2) is 0 Å². The van der Waals surface area contributed by atoms with E-state index < -0.39 is 10.8 Å². The molecule has 0 bridgehead atoms. The summed E-state index contributed by atoms with van der Waals surface area (Å²) in [5.41, 5.74) is 17.2. The molecule has 0 fully saturated rings. The van der Waals surface area contributed by atoms with Gasteiger partial charge in [0.05, 0.1) is 15.5 Å². The first-order valence-corrected chi connectivity index (χ1v) is 28.9. The van der Waals surface area contributed by atoms with Crippen molar-refractivity contribution in [3.05, 3.63) is 291 Å². The van der Waals surface area contributed by atoms with Gasteiger partial charge in [0.15, 0.2) is 11.6 Å². The quantitative estimate of drug-likeness (QED) is 0.120. The summed E-state index contributed by atoms with van der Waals surface area (Å²) in [6.45, 7) is 8.43. The van der Waals surface area contributed by atoms with E-state index in [1.165, 1.54) is 0 Å². The Morgan fingerprint density at radius 1 is 0.407 bits per heavy atom. The fourth-order valence-electron chi connectivity index (χ4n) is 13.1. The zero-order valence-electron chi connectivity index (χ0n) is 44.2. The molecule has 0 aliphatic heterocycles. The van der Waals surface area contributed by atoms with E-state index in [9.17, 15) is 30.6 Å². The van der Waals surface area contributed by atoms with Crippen molar-refractivity contribution in [3.63, 3.8) is 0 Å². The number of rotatable bonds is 6. The van der Waals surface area contributed by atoms with E-state index in [0.29, 0.717) is 44.5 Å². The van der Waals surface area contributed by atoms with Crippen molar-refractivity contribution in [1.82, 2.24) is 0 Å². The molecule has 10 aromatic rings. The van der Waals surface area contributed by atoms with Crippen molar-refractivity contribution >= 4 is 78.3 Å². The van der Waals surface area contributed by atoms with Crippen LogP contribution in [-0.2, 0) is 10.8 Å². The third-order valence-electron chi connectivity index (χ3n) is 16.7. The Morgan fingerprint density at radius 2 is 0.790 bits per heavy atom. The Hall–Kier alpha value is -9.84. The summed E-state index contributed by atoms with van der Waals surface area (Å²) < 4.78 is 2.15. The second-order valence-electron chi connectivity index (χ2n) is 21.3. The fourth-order valence-corrected chi connectivity index (χ4v) is 17.0. The number of aryl methyl sites for hydroxylation is 4. The van der Waals surface area contributed by atoms with Gasteiger partial charge in [0.2, 0.25) is 0 Å². The molecule has 380 valence electrons. The summed E-state index contributed by atoms with van der Waals surface area (Å²) in [4.78, 5) is 32.7. The molecule has 0 saturated carbocycles. The van der Waals surface area contributed by atoms with Crippen LogP contribution < -0.4 is 0 Å². The van der Waals surface area contributed by atoms with Crippen molar-refractivity contribution in [3.8, 4) is 45.2 Å². The molecule has 81 heavy (non-hydrogen) atoms. The third-order valence-corrected chi connectivity index (χ3v) is 20.3. The van der Waals surface area contributed by atoms with E-state index in [4.69, 9.17) is 0 Å². The van der Waals surface area contributed by atoms with Crippen LogP contribution in [-0.4, -0.2) is 11.6 Å². The van der Waals surface area contributed by atoms with Crippen LogP contribution in [0.2, 0.25) is 0 Å². The molecule has 4 aliphatic rings. The van der Waals surface area contributed by atoms with Gasteiger partial charge in [0.1, 0.15) is 35.4 Å². The van der Waals surface area contributed by atoms with Crippen LogP contribution in [0, 0.1) is 73.0 Å². The maximum absolute atomic E-state index is 14.5. The normalized spacial score (nSPS) is 15.6. The molecule has 0 radical (unpaired) electrons. The van der Waals surface area contributed by atoms with E-state index in [2.05, 4.69) is 173 Å². The van der Waals surface area contributed by atoms with Crippen LogP contribution in [0.25, 0.3) is 53.6 Å². The zero-order chi connectivity index (χ0) is 55.6. The molecule has 7 aromatic carbocycles. The molecule has 9 heteroatoms. The molecule has 0 N–H and O–H groups in total. The lowest BCUT2D eigenvalue weighted by Crippen LogP contribution is -2.30. The van der Waals surface area contributed by atoms with Crippen LogP contribution in [0.15, 0.2) is 192 Å². The minimum Gasteiger partial charge on any atom is -0.289 e. The van der Waals surface area contributed by atoms with Gasteiger partial charge >= 0.3 is 0 Å². The first-order valence-electron chi connectivity index (χ1n) is 26.4. The third kappa shape index (κ3) is 6.98. The van der Waals surface area contributed by atoms with Crippen molar-refractivity contribution < 1.29 is 9.59 Å². The number of ketones is 2. The largest absolute Gasteiger partial charge is 0.289 e. The van der Waals surface area contributed by atoms with Crippen molar-refractivity contribution in [2.75, 3.05) is 0 Å². The van der Waals surface area contributed by atoms with Crippen molar-refractivity contribution in [1.29, 1.82) is 21.0 Å². The summed E-state index contributed by atoms with van der Waals surface area (Å²) in [6, 6.07) is 67.5. The van der Waals surface area contributed by atoms with Crippen LogP contribution in [0.3, 0.4) is 0 Å². The van der Waals surface area contributed by atoms with Gasteiger partial charge in [0.25, 0.3) is 0 Å². The number of thiophene rings is 3. The van der Waals surface area contributed by atoms with Gasteiger partial charge in [-0.05, 0) is 125 Å². The maximum atomic E-state index is 14.5. The van der Waals surface area contributed by atoms with E-state index in [1.54, 1.807) is 58.3 Å². The maximum Gasteiger partial charge on any atom is 0.194 e. The predicted octanol–water partition coefficient (Wildman–Crippen LogP) is 17.1. The second-order valence-corrected chi connectivity index (χ2v) is 24.5. The second kappa shape index (κ2) is 18.4. The summed E-state index contributed by atoms with van der Waals surface area (Å²) in [5.74, 6) is -0.443. The van der Waals surface area contributed by atoms with Gasteiger partial charge in [-0.3, -0.25) is 9.59 Å². The number of allylic oxidation sites excluding steroid dienone is 6.